The largest absolute Gasteiger partial charge is 0.381 e. The number of rotatable bonds is 9. The molecule has 0 fully saturated rings. The van der Waals surface area contributed by atoms with E-state index in [1.807, 2.05) is 30.0 Å². The molecule has 4 heteroatoms. The number of ether oxygens (including phenoxy) is 1. The summed E-state index contributed by atoms with van der Waals surface area (Å²) in [6.07, 6.45) is 1.30. The zero-order chi connectivity index (χ0) is 13.9. The number of hydrogen-bond acceptors (Lipinski definition) is 3. The molecule has 0 aliphatic rings. The fourth-order valence-corrected chi connectivity index (χ4v) is 1.89. The Labute approximate surface area is 115 Å². The number of nitrogens with zero attached hydrogens (tertiary/aromatic N) is 1. The normalized spacial score (nSPS) is 10.4. The Balaban J connectivity index is 2.41. The van der Waals surface area contributed by atoms with Gasteiger partial charge in [-0.25, -0.2) is 0 Å². The first-order chi connectivity index (χ1) is 9.27. The zero-order valence-corrected chi connectivity index (χ0v) is 11.7. The van der Waals surface area contributed by atoms with Crippen LogP contribution in [0.2, 0.25) is 0 Å². The molecule has 1 aromatic rings. The van der Waals surface area contributed by atoms with Crippen LogP contribution in [0.4, 0.5) is 0 Å². The third kappa shape index (κ3) is 6.36. The van der Waals surface area contributed by atoms with Crippen LogP contribution >= 0.6 is 0 Å². The van der Waals surface area contributed by atoms with E-state index in [1.54, 1.807) is 0 Å². The number of carbonyl (C=O) groups excluding carboxylic acids is 1. The first-order valence-electron chi connectivity index (χ1n) is 6.87. The van der Waals surface area contributed by atoms with Crippen LogP contribution in [0, 0.1) is 0 Å². The smallest absolute Gasteiger partial charge is 0.224 e. The van der Waals surface area contributed by atoms with Gasteiger partial charge in [-0.2, -0.15) is 0 Å². The van der Waals surface area contributed by atoms with Crippen molar-refractivity contribution in [2.75, 3.05) is 32.8 Å². The first kappa shape index (κ1) is 15.7. The maximum atomic E-state index is 12.0. The van der Waals surface area contributed by atoms with Crippen LogP contribution in [0.5, 0.6) is 0 Å². The number of amides is 1. The Morgan fingerprint density at radius 1 is 1.26 bits per heavy atom. The lowest BCUT2D eigenvalue weighted by molar-refractivity contribution is -0.132. The van der Waals surface area contributed by atoms with Gasteiger partial charge in [0.1, 0.15) is 0 Å². The second-order valence-corrected chi connectivity index (χ2v) is 4.35. The maximum Gasteiger partial charge on any atom is 0.224 e. The van der Waals surface area contributed by atoms with Gasteiger partial charge in [0, 0.05) is 26.2 Å². The van der Waals surface area contributed by atoms with E-state index in [4.69, 9.17) is 10.5 Å². The minimum Gasteiger partial charge on any atom is -0.381 e. The van der Waals surface area contributed by atoms with Crippen LogP contribution in [0.25, 0.3) is 0 Å². The van der Waals surface area contributed by atoms with E-state index in [9.17, 15) is 4.79 Å². The molecule has 0 heterocycles. The molecule has 0 radical (unpaired) electrons. The standard InChI is InChI=1S/C15H24N2O2/c1-2-19-13-9-15(18)17(12-10-16)11-8-14-6-4-3-5-7-14/h3-7H,2,8-13,16H2,1H3. The molecule has 0 saturated heterocycles. The van der Waals surface area contributed by atoms with Crippen LogP contribution in [0.1, 0.15) is 18.9 Å². The van der Waals surface area contributed by atoms with Gasteiger partial charge < -0.3 is 15.4 Å². The molecule has 0 atom stereocenters. The van der Waals surface area contributed by atoms with Crippen LogP contribution in [-0.4, -0.2) is 43.7 Å². The van der Waals surface area contributed by atoms with Crippen LogP contribution in [0.15, 0.2) is 30.3 Å². The van der Waals surface area contributed by atoms with Gasteiger partial charge in [0.15, 0.2) is 0 Å². The SMILES string of the molecule is CCOCCC(=O)N(CCN)CCc1ccccc1. The van der Waals surface area contributed by atoms with Crippen LogP contribution in [-0.2, 0) is 16.0 Å². The van der Waals surface area contributed by atoms with Crippen molar-refractivity contribution < 1.29 is 9.53 Å². The summed E-state index contributed by atoms with van der Waals surface area (Å²) in [7, 11) is 0. The summed E-state index contributed by atoms with van der Waals surface area (Å²) in [6, 6.07) is 10.2. The van der Waals surface area contributed by atoms with Crippen molar-refractivity contribution in [3.05, 3.63) is 35.9 Å². The highest BCUT2D eigenvalue weighted by Crippen LogP contribution is 2.03. The average Bonchev–Trinajstić information content (AvgIpc) is 2.44. The van der Waals surface area contributed by atoms with Gasteiger partial charge in [-0.3, -0.25) is 4.79 Å². The maximum absolute atomic E-state index is 12.0. The zero-order valence-electron chi connectivity index (χ0n) is 11.7. The van der Waals surface area contributed by atoms with Gasteiger partial charge in [0.05, 0.1) is 13.0 Å². The third-order valence-electron chi connectivity index (χ3n) is 2.93. The molecule has 0 aromatic heterocycles. The van der Waals surface area contributed by atoms with Gasteiger partial charge in [-0.15, -0.1) is 0 Å². The molecular formula is C15H24N2O2. The lowest BCUT2D eigenvalue weighted by Gasteiger charge is -2.22. The molecule has 0 aliphatic heterocycles. The van der Waals surface area contributed by atoms with Crippen molar-refractivity contribution in [3.8, 4) is 0 Å². The molecule has 1 rings (SSSR count). The molecule has 0 bridgehead atoms. The number of hydrogen-bond donors (Lipinski definition) is 1. The van der Waals surface area contributed by atoms with Gasteiger partial charge >= 0.3 is 0 Å². The number of carbonyl (C=O) groups is 1. The lowest BCUT2D eigenvalue weighted by Crippen LogP contribution is -2.37. The highest BCUT2D eigenvalue weighted by atomic mass is 16.5. The quantitative estimate of drug-likeness (QED) is 0.687. The molecule has 19 heavy (non-hydrogen) atoms. The Bertz CT molecular complexity index is 354. The van der Waals surface area contributed by atoms with Gasteiger partial charge in [0.25, 0.3) is 0 Å². The molecule has 0 aliphatic carbocycles. The molecule has 1 amide bonds. The third-order valence-corrected chi connectivity index (χ3v) is 2.93. The van der Waals surface area contributed by atoms with Crippen molar-refractivity contribution >= 4 is 5.91 Å². The molecule has 0 unspecified atom stereocenters. The van der Waals surface area contributed by atoms with Crippen molar-refractivity contribution in [3.63, 3.8) is 0 Å². The van der Waals surface area contributed by atoms with Crippen LogP contribution < -0.4 is 5.73 Å². The Morgan fingerprint density at radius 3 is 2.63 bits per heavy atom. The van der Waals surface area contributed by atoms with E-state index in [2.05, 4.69) is 12.1 Å². The van der Waals surface area contributed by atoms with E-state index >= 15 is 0 Å². The summed E-state index contributed by atoms with van der Waals surface area (Å²) in [6.45, 7) is 4.88. The lowest BCUT2D eigenvalue weighted by atomic mass is 10.1. The minimum atomic E-state index is 0.120. The highest BCUT2D eigenvalue weighted by molar-refractivity contribution is 5.76. The van der Waals surface area contributed by atoms with Crippen molar-refractivity contribution in [1.82, 2.24) is 4.90 Å². The number of benzene rings is 1. The Kier molecular flexibility index (Phi) is 7.86. The van der Waals surface area contributed by atoms with E-state index < -0.39 is 0 Å². The second kappa shape index (κ2) is 9.53. The molecule has 0 saturated carbocycles. The second-order valence-electron chi connectivity index (χ2n) is 4.35. The highest BCUT2D eigenvalue weighted by Gasteiger charge is 2.12. The van der Waals surface area contributed by atoms with E-state index in [-0.39, 0.29) is 5.91 Å². The monoisotopic (exact) mass is 264 g/mol. The van der Waals surface area contributed by atoms with Crippen molar-refractivity contribution in [1.29, 1.82) is 0 Å². The molecule has 106 valence electrons. The van der Waals surface area contributed by atoms with E-state index in [1.165, 1.54) is 5.56 Å². The fraction of sp³-hybridized carbons (Fsp3) is 0.533. The first-order valence-corrected chi connectivity index (χ1v) is 6.87. The average molecular weight is 264 g/mol. The summed E-state index contributed by atoms with van der Waals surface area (Å²) in [4.78, 5) is 13.8. The minimum absolute atomic E-state index is 0.120. The Morgan fingerprint density at radius 2 is 2.00 bits per heavy atom. The molecule has 4 nitrogen and oxygen atoms in total. The van der Waals surface area contributed by atoms with Gasteiger partial charge in [0.2, 0.25) is 5.91 Å². The molecule has 2 N–H and O–H groups in total. The van der Waals surface area contributed by atoms with Crippen molar-refractivity contribution in [2.24, 2.45) is 5.73 Å². The van der Waals surface area contributed by atoms with Crippen LogP contribution in [0.3, 0.4) is 0 Å². The topological polar surface area (TPSA) is 55.6 Å². The van der Waals surface area contributed by atoms with Gasteiger partial charge in [-0.05, 0) is 18.9 Å². The number of nitrogens with two attached hydrogens (primary N) is 1. The summed E-state index contributed by atoms with van der Waals surface area (Å²) >= 11 is 0. The van der Waals surface area contributed by atoms with Crippen molar-refractivity contribution in [2.45, 2.75) is 19.8 Å². The Hall–Kier alpha value is -1.39. The van der Waals surface area contributed by atoms with E-state index in [0.29, 0.717) is 39.3 Å². The summed E-state index contributed by atoms with van der Waals surface area (Å²) in [5.41, 5.74) is 6.80. The molecule has 0 spiro atoms. The summed E-state index contributed by atoms with van der Waals surface area (Å²) in [5.74, 6) is 0.120. The summed E-state index contributed by atoms with van der Waals surface area (Å²) < 4.78 is 5.22. The van der Waals surface area contributed by atoms with Gasteiger partial charge in [-0.1, -0.05) is 30.3 Å². The van der Waals surface area contributed by atoms with E-state index in [0.717, 1.165) is 6.42 Å². The molecule has 1 aromatic carbocycles. The molecular weight excluding hydrogens is 240 g/mol. The predicted molar refractivity (Wildman–Crippen MR) is 76.9 cm³/mol. The predicted octanol–water partition coefficient (Wildman–Crippen LogP) is 1.44. The fourth-order valence-electron chi connectivity index (χ4n) is 1.89. The summed E-state index contributed by atoms with van der Waals surface area (Å²) in [5, 5.41) is 0.